The van der Waals surface area contributed by atoms with E-state index in [-0.39, 0.29) is 15.7 Å². The van der Waals surface area contributed by atoms with Crippen molar-refractivity contribution in [2.45, 2.75) is 4.90 Å². The molecule has 1 heterocycles. The lowest BCUT2D eigenvalue weighted by Gasteiger charge is -2.08. The first-order valence-corrected chi connectivity index (χ1v) is 9.83. The number of rotatable bonds is 6. The van der Waals surface area contributed by atoms with Crippen molar-refractivity contribution in [3.05, 3.63) is 65.7 Å². The monoisotopic (exact) mass is 389 g/mol. The Morgan fingerprint density at radius 2 is 1.77 bits per heavy atom. The van der Waals surface area contributed by atoms with Crippen molar-refractivity contribution < 1.29 is 17.9 Å². The van der Waals surface area contributed by atoms with Gasteiger partial charge in [0.25, 0.3) is 15.9 Å². The average Bonchev–Trinajstić information content (AvgIpc) is 3.11. The number of carbonyl (C=O) groups is 1. The number of hydrogen-bond acceptors (Lipinski definition) is 6. The molecule has 1 amide bonds. The maximum absolute atomic E-state index is 12.3. The molecule has 0 spiro atoms. The number of nitrogens with zero attached hydrogens (tertiary/aromatic N) is 1. The van der Waals surface area contributed by atoms with Crippen LogP contribution in [0.15, 0.2) is 64.9 Å². The molecule has 0 aliphatic rings. The molecule has 0 saturated heterocycles. The van der Waals surface area contributed by atoms with Crippen LogP contribution in [0.5, 0.6) is 5.75 Å². The maximum Gasteiger partial charge on any atom is 0.275 e. The van der Waals surface area contributed by atoms with E-state index in [1.54, 1.807) is 42.5 Å². The number of benzene rings is 2. The smallest absolute Gasteiger partial charge is 0.275 e. The van der Waals surface area contributed by atoms with E-state index in [1.807, 2.05) is 0 Å². The van der Waals surface area contributed by atoms with Crippen LogP contribution >= 0.6 is 11.3 Å². The van der Waals surface area contributed by atoms with Crippen molar-refractivity contribution in [1.29, 1.82) is 0 Å². The van der Waals surface area contributed by atoms with E-state index in [2.05, 4.69) is 15.0 Å². The summed E-state index contributed by atoms with van der Waals surface area (Å²) in [5.41, 5.74) is 0.603. The summed E-state index contributed by atoms with van der Waals surface area (Å²) < 4.78 is 32.1. The van der Waals surface area contributed by atoms with Gasteiger partial charge in [0.2, 0.25) is 0 Å². The number of sulfonamides is 1. The van der Waals surface area contributed by atoms with Gasteiger partial charge in [-0.05, 0) is 24.3 Å². The molecular formula is C17H15N3O4S2. The highest BCUT2D eigenvalue weighted by Gasteiger charge is 2.18. The molecule has 0 fully saturated rings. The number of thiazole rings is 1. The summed E-state index contributed by atoms with van der Waals surface area (Å²) in [4.78, 5) is 16.5. The van der Waals surface area contributed by atoms with E-state index in [9.17, 15) is 13.2 Å². The predicted octanol–water partition coefficient (Wildman–Crippen LogP) is 3.20. The minimum absolute atomic E-state index is 0.103. The zero-order valence-corrected chi connectivity index (χ0v) is 15.3. The van der Waals surface area contributed by atoms with E-state index in [0.717, 1.165) is 11.3 Å². The summed E-state index contributed by atoms with van der Waals surface area (Å²) in [5.74, 6) is 0.0528. The molecule has 1 aromatic heterocycles. The highest BCUT2D eigenvalue weighted by Crippen LogP contribution is 2.25. The summed E-state index contributed by atoms with van der Waals surface area (Å²) >= 11 is 1.03. The van der Waals surface area contributed by atoms with Crippen LogP contribution in [0, 0.1) is 0 Å². The van der Waals surface area contributed by atoms with E-state index in [0.29, 0.717) is 11.4 Å². The quantitative estimate of drug-likeness (QED) is 0.675. The highest BCUT2D eigenvalue weighted by atomic mass is 32.2. The number of anilines is 2. The minimum Gasteiger partial charge on any atom is -0.495 e. The zero-order valence-electron chi connectivity index (χ0n) is 13.7. The topological polar surface area (TPSA) is 97.4 Å². The third kappa shape index (κ3) is 4.01. The van der Waals surface area contributed by atoms with Crippen molar-refractivity contribution in [3.63, 3.8) is 0 Å². The third-order valence-electron chi connectivity index (χ3n) is 3.37. The van der Waals surface area contributed by atoms with Gasteiger partial charge in [-0.15, -0.1) is 11.3 Å². The zero-order chi connectivity index (χ0) is 18.6. The minimum atomic E-state index is -3.75. The first kappa shape index (κ1) is 17.9. The number of aromatic nitrogens is 1. The Morgan fingerprint density at radius 3 is 2.50 bits per heavy atom. The molecule has 3 rings (SSSR count). The molecule has 0 bridgehead atoms. The number of carbonyl (C=O) groups excluding carboxylic acids is 1. The normalized spacial score (nSPS) is 11.0. The molecule has 0 unspecified atom stereocenters. The van der Waals surface area contributed by atoms with Crippen LogP contribution in [-0.4, -0.2) is 26.4 Å². The number of nitrogens with one attached hydrogen (secondary N) is 2. The van der Waals surface area contributed by atoms with E-state index < -0.39 is 15.9 Å². The lowest BCUT2D eigenvalue weighted by atomic mass is 10.3. The van der Waals surface area contributed by atoms with Gasteiger partial charge < -0.3 is 10.1 Å². The molecule has 2 N–H and O–H groups in total. The summed E-state index contributed by atoms with van der Waals surface area (Å²) in [7, 11) is -2.24. The lowest BCUT2D eigenvalue weighted by Crippen LogP contribution is -2.15. The molecular weight excluding hydrogens is 374 g/mol. The Labute approximate surface area is 154 Å². The Balaban J connectivity index is 1.74. The van der Waals surface area contributed by atoms with Crippen LogP contribution < -0.4 is 14.8 Å². The van der Waals surface area contributed by atoms with Crippen molar-refractivity contribution in [2.75, 3.05) is 17.1 Å². The summed E-state index contributed by atoms with van der Waals surface area (Å²) in [6, 6.07) is 14.9. The lowest BCUT2D eigenvalue weighted by molar-refractivity contribution is 0.102. The standard InChI is InChI=1S/C17H15N3O4S2/c1-24-15-10-6-5-9-13(15)18-16(21)14-11-25-17(19-14)20-26(22,23)12-7-3-2-4-8-12/h2-11H,1H3,(H,18,21)(H,19,20). The number of methoxy groups -OCH3 is 1. The van der Waals surface area contributed by atoms with Gasteiger partial charge in [0.1, 0.15) is 11.4 Å². The number of para-hydroxylation sites is 2. The van der Waals surface area contributed by atoms with E-state index in [1.165, 1.54) is 24.6 Å². The van der Waals surface area contributed by atoms with Gasteiger partial charge in [-0.3, -0.25) is 9.52 Å². The van der Waals surface area contributed by atoms with Crippen LogP contribution in [0.3, 0.4) is 0 Å². The fourth-order valence-corrected chi connectivity index (χ4v) is 4.10. The Hall–Kier alpha value is -2.91. The van der Waals surface area contributed by atoms with Crippen LogP contribution in [-0.2, 0) is 10.0 Å². The fraction of sp³-hybridized carbons (Fsp3) is 0.0588. The van der Waals surface area contributed by atoms with Gasteiger partial charge in [0.15, 0.2) is 5.13 Å². The maximum atomic E-state index is 12.3. The van der Waals surface area contributed by atoms with Crippen LogP contribution in [0.2, 0.25) is 0 Å². The van der Waals surface area contributed by atoms with Crippen molar-refractivity contribution in [3.8, 4) is 5.75 Å². The Kier molecular flexibility index (Phi) is 5.19. The van der Waals surface area contributed by atoms with Gasteiger partial charge in [-0.2, -0.15) is 0 Å². The number of amides is 1. The molecule has 0 saturated carbocycles. The van der Waals surface area contributed by atoms with Gasteiger partial charge in [0.05, 0.1) is 17.7 Å². The van der Waals surface area contributed by atoms with Gasteiger partial charge in [0, 0.05) is 5.38 Å². The Morgan fingerprint density at radius 1 is 1.08 bits per heavy atom. The first-order valence-electron chi connectivity index (χ1n) is 7.47. The van der Waals surface area contributed by atoms with Crippen molar-refractivity contribution in [1.82, 2.24) is 4.98 Å². The highest BCUT2D eigenvalue weighted by molar-refractivity contribution is 7.93. The SMILES string of the molecule is COc1ccccc1NC(=O)c1csc(NS(=O)(=O)c2ccccc2)n1. The van der Waals surface area contributed by atoms with Crippen molar-refractivity contribution >= 4 is 38.1 Å². The van der Waals surface area contributed by atoms with E-state index >= 15 is 0 Å². The van der Waals surface area contributed by atoms with E-state index in [4.69, 9.17) is 4.74 Å². The molecule has 0 atom stereocenters. The van der Waals surface area contributed by atoms with Crippen LogP contribution in [0.25, 0.3) is 0 Å². The molecule has 0 aliphatic heterocycles. The first-order chi connectivity index (χ1) is 12.5. The van der Waals surface area contributed by atoms with Crippen LogP contribution in [0.1, 0.15) is 10.5 Å². The second-order valence-corrected chi connectivity index (χ2v) is 7.65. The summed E-state index contributed by atoms with van der Waals surface area (Å²) in [5, 5.41) is 4.28. The molecule has 3 aromatic rings. The second-order valence-electron chi connectivity index (χ2n) is 5.11. The summed E-state index contributed by atoms with van der Waals surface area (Å²) in [6.07, 6.45) is 0. The van der Waals surface area contributed by atoms with Gasteiger partial charge >= 0.3 is 0 Å². The molecule has 0 radical (unpaired) electrons. The van der Waals surface area contributed by atoms with Crippen molar-refractivity contribution in [2.24, 2.45) is 0 Å². The fourth-order valence-electron chi connectivity index (χ4n) is 2.13. The molecule has 2 aromatic carbocycles. The van der Waals surface area contributed by atoms with Crippen LogP contribution in [0.4, 0.5) is 10.8 Å². The third-order valence-corrected chi connectivity index (χ3v) is 5.61. The number of hydrogen-bond donors (Lipinski definition) is 2. The van der Waals surface area contributed by atoms with Gasteiger partial charge in [-0.1, -0.05) is 30.3 Å². The Bertz CT molecular complexity index is 1020. The number of ether oxygens (including phenoxy) is 1. The molecule has 7 nitrogen and oxygen atoms in total. The molecule has 0 aliphatic carbocycles. The molecule has 26 heavy (non-hydrogen) atoms. The molecule has 9 heteroatoms. The van der Waals surface area contributed by atoms with Gasteiger partial charge in [-0.25, -0.2) is 13.4 Å². The molecule has 134 valence electrons. The summed E-state index contributed by atoms with van der Waals surface area (Å²) in [6.45, 7) is 0. The largest absolute Gasteiger partial charge is 0.495 e. The second kappa shape index (κ2) is 7.54. The average molecular weight is 389 g/mol. The predicted molar refractivity (Wildman–Crippen MR) is 100 cm³/mol.